The molecule has 1 heterocycles. The predicted octanol–water partition coefficient (Wildman–Crippen LogP) is 3.04. The van der Waals surface area contributed by atoms with Gasteiger partial charge in [0.2, 0.25) is 5.91 Å². The van der Waals surface area contributed by atoms with Crippen molar-refractivity contribution in [2.24, 2.45) is 5.73 Å². The molecule has 3 rings (SSSR count). The Balaban J connectivity index is 1.71. The Labute approximate surface area is 174 Å². The van der Waals surface area contributed by atoms with Crippen LogP contribution in [0.15, 0.2) is 54.6 Å². The Morgan fingerprint density at radius 1 is 1.10 bits per heavy atom. The summed E-state index contributed by atoms with van der Waals surface area (Å²) in [4.78, 5) is 23.9. The summed E-state index contributed by atoms with van der Waals surface area (Å²) in [5, 5.41) is 9.83. The molecule has 30 heavy (non-hydrogen) atoms. The highest BCUT2D eigenvalue weighted by atomic mass is 19.1. The molecule has 0 aliphatic rings. The Bertz CT molecular complexity index is 1050. The highest BCUT2D eigenvalue weighted by molar-refractivity contribution is 5.78. The summed E-state index contributed by atoms with van der Waals surface area (Å²) in [5.74, 6) is -0.858. The van der Waals surface area contributed by atoms with Crippen molar-refractivity contribution >= 4 is 11.9 Å². The number of benzene rings is 2. The standard InChI is InChI=1S/C22H24FN5O2/c1-14-18(15(2)28(27-14)16-8-4-3-5-9-16)13-25-21(29)12-20(26-22(24)30)17-10-6-7-11-19(17)23/h3-11,20H,12-13H2,1-2H3,(H,25,29)(H3,24,26,30)/t20-/m0/s1. The number of hydrogen-bond donors (Lipinski definition) is 3. The number of rotatable bonds is 7. The maximum absolute atomic E-state index is 14.1. The third kappa shape index (κ3) is 4.83. The molecule has 3 amide bonds. The third-order valence-corrected chi connectivity index (χ3v) is 4.89. The van der Waals surface area contributed by atoms with Gasteiger partial charge in [0, 0.05) is 23.4 Å². The van der Waals surface area contributed by atoms with Crippen LogP contribution in [0.1, 0.15) is 35.0 Å². The van der Waals surface area contributed by atoms with E-state index in [-0.39, 0.29) is 24.4 Å². The number of halogens is 1. The van der Waals surface area contributed by atoms with E-state index in [9.17, 15) is 14.0 Å². The molecule has 7 nitrogen and oxygen atoms in total. The van der Waals surface area contributed by atoms with Crippen LogP contribution in [0.25, 0.3) is 5.69 Å². The summed E-state index contributed by atoms with van der Waals surface area (Å²) >= 11 is 0. The van der Waals surface area contributed by atoms with Gasteiger partial charge in [-0.1, -0.05) is 36.4 Å². The van der Waals surface area contributed by atoms with Crippen molar-refractivity contribution < 1.29 is 14.0 Å². The van der Waals surface area contributed by atoms with Gasteiger partial charge < -0.3 is 16.4 Å². The van der Waals surface area contributed by atoms with Crippen LogP contribution < -0.4 is 16.4 Å². The fourth-order valence-electron chi connectivity index (χ4n) is 3.36. The smallest absolute Gasteiger partial charge is 0.312 e. The Hall–Kier alpha value is -3.68. The van der Waals surface area contributed by atoms with Crippen LogP contribution in [0.2, 0.25) is 0 Å². The summed E-state index contributed by atoms with van der Waals surface area (Å²) < 4.78 is 16.0. The molecule has 0 bridgehead atoms. The first-order valence-electron chi connectivity index (χ1n) is 9.54. The van der Waals surface area contributed by atoms with Gasteiger partial charge in [0.25, 0.3) is 0 Å². The summed E-state index contributed by atoms with van der Waals surface area (Å²) in [5.41, 5.74) is 8.96. The van der Waals surface area contributed by atoms with E-state index < -0.39 is 17.9 Å². The average Bonchev–Trinajstić information content (AvgIpc) is 3.00. The quantitative estimate of drug-likeness (QED) is 0.559. The molecule has 0 aliphatic carbocycles. The number of para-hydroxylation sites is 1. The average molecular weight is 409 g/mol. The number of primary amides is 1. The van der Waals surface area contributed by atoms with Crippen LogP contribution in [0.4, 0.5) is 9.18 Å². The van der Waals surface area contributed by atoms with Gasteiger partial charge in [0.05, 0.1) is 23.8 Å². The number of amides is 3. The van der Waals surface area contributed by atoms with Crippen molar-refractivity contribution in [2.45, 2.75) is 32.9 Å². The van der Waals surface area contributed by atoms with Crippen LogP contribution >= 0.6 is 0 Å². The van der Waals surface area contributed by atoms with Gasteiger partial charge in [-0.05, 0) is 32.0 Å². The van der Waals surface area contributed by atoms with Crippen molar-refractivity contribution in [3.8, 4) is 5.69 Å². The molecule has 0 fully saturated rings. The van der Waals surface area contributed by atoms with E-state index in [4.69, 9.17) is 5.73 Å². The monoisotopic (exact) mass is 409 g/mol. The van der Waals surface area contributed by atoms with E-state index in [1.54, 1.807) is 6.07 Å². The molecule has 3 aromatic rings. The lowest BCUT2D eigenvalue weighted by molar-refractivity contribution is -0.121. The number of aryl methyl sites for hydroxylation is 1. The van der Waals surface area contributed by atoms with E-state index in [0.717, 1.165) is 22.6 Å². The molecule has 0 radical (unpaired) electrons. The fraction of sp³-hybridized carbons (Fsp3) is 0.227. The lowest BCUT2D eigenvalue weighted by Gasteiger charge is -2.18. The first kappa shape index (κ1) is 21.0. The minimum Gasteiger partial charge on any atom is -0.352 e. The molecule has 2 aromatic carbocycles. The Morgan fingerprint density at radius 3 is 2.43 bits per heavy atom. The zero-order valence-corrected chi connectivity index (χ0v) is 16.9. The van der Waals surface area contributed by atoms with E-state index in [1.165, 1.54) is 18.2 Å². The molecule has 0 saturated carbocycles. The molecule has 4 N–H and O–H groups in total. The largest absolute Gasteiger partial charge is 0.352 e. The molecule has 0 saturated heterocycles. The second kappa shape index (κ2) is 9.21. The minimum atomic E-state index is -0.863. The number of carbonyl (C=O) groups is 2. The molecule has 0 aliphatic heterocycles. The third-order valence-electron chi connectivity index (χ3n) is 4.89. The van der Waals surface area contributed by atoms with E-state index in [0.29, 0.717) is 0 Å². The zero-order chi connectivity index (χ0) is 21.7. The first-order chi connectivity index (χ1) is 14.4. The van der Waals surface area contributed by atoms with Crippen LogP contribution in [0.3, 0.4) is 0 Å². The normalized spacial score (nSPS) is 11.7. The number of nitrogens with zero attached hydrogens (tertiary/aromatic N) is 2. The lowest BCUT2D eigenvalue weighted by Crippen LogP contribution is -2.37. The van der Waals surface area contributed by atoms with Crippen LogP contribution in [-0.4, -0.2) is 21.7 Å². The molecule has 8 heteroatoms. The highest BCUT2D eigenvalue weighted by Crippen LogP contribution is 2.21. The van der Waals surface area contributed by atoms with Crippen molar-refractivity contribution in [3.63, 3.8) is 0 Å². The van der Waals surface area contributed by atoms with Gasteiger partial charge in [0.15, 0.2) is 0 Å². The molecule has 156 valence electrons. The molecule has 1 atom stereocenters. The number of nitrogens with two attached hydrogens (primary N) is 1. The number of nitrogens with one attached hydrogen (secondary N) is 2. The molecule has 1 aromatic heterocycles. The predicted molar refractivity (Wildman–Crippen MR) is 111 cm³/mol. The van der Waals surface area contributed by atoms with E-state index >= 15 is 0 Å². The topological polar surface area (TPSA) is 102 Å². The van der Waals surface area contributed by atoms with E-state index in [2.05, 4.69) is 15.7 Å². The van der Waals surface area contributed by atoms with Crippen molar-refractivity contribution in [2.75, 3.05) is 0 Å². The molecule has 0 unspecified atom stereocenters. The maximum Gasteiger partial charge on any atom is 0.312 e. The molecular weight excluding hydrogens is 385 g/mol. The second-order valence-corrected chi connectivity index (χ2v) is 6.96. The second-order valence-electron chi connectivity index (χ2n) is 6.96. The maximum atomic E-state index is 14.1. The number of hydrogen-bond acceptors (Lipinski definition) is 3. The van der Waals surface area contributed by atoms with Crippen molar-refractivity contribution in [3.05, 3.63) is 82.9 Å². The Kier molecular flexibility index (Phi) is 6.46. The SMILES string of the molecule is Cc1nn(-c2ccccc2)c(C)c1CNC(=O)C[C@H](NC(N)=O)c1ccccc1F. The van der Waals surface area contributed by atoms with E-state index in [1.807, 2.05) is 48.9 Å². The number of aromatic nitrogens is 2. The van der Waals surface area contributed by atoms with Crippen molar-refractivity contribution in [1.82, 2.24) is 20.4 Å². The van der Waals surface area contributed by atoms with Crippen molar-refractivity contribution in [1.29, 1.82) is 0 Å². The summed E-state index contributed by atoms with van der Waals surface area (Å²) in [6, 6.07) is 14.0. The highest BCUT2D eigenvalue weighted by Gasteiger charge is 2.21. The zero-order valence-electron chi connectivity index (χ0n) is 16.9. The van der Waals surface area contributed by atoms with Gasteiger partial charge in [0.1, 0.15) is 5.82 Å². The lowest BCUT2D eigenvalue weighted by atomic mass is 10.0. The van der Waals surface area contributed by atoms with Gasteiger partial charge in [-0.15, -0.1) is 0 Å². The first-order valence-corrected chi connectivity index (χ1v) is 9.54. The van der Waals surface area contributed by atoms with Gasteiger partial charge >= 0.3 is 6.03 Å². The number of urea groups is 1. The molecule has 0 spiro atoms. The van der Waals surface area contributed by atoms with Crippen LogP contribution in [0, 0.1) is 19.7 Å². The van der Waals surface area contributed by atoms with Crippen LogP contribution in [0.5, 0.6) is 0 Å². The summed E-state index contributed by atoms with van der Waals surface area (Å²) in [6.07, 6.45) is -0.144. The van der Waals surface area contributed by atoms with Gasteiger partial charge in [-0.2, -0.15) is 5.10 Å². The summed E-state index contributed by atoms with van der Waals surface area (Å²) in [7, 11) is 0. The minimum absolute atomic E-state index is 0.144. The Morgan fingerprint density at radius 2 is 1.77 bits per heavy atom. The van der Waals surface area contributed by atoms with Gasteiger partial charge in [-0.3, -0.25) is 4.79 Å². The molecular formula is C22H24FN5O2. The number of carbonyl (C=O) groups excluding carboxylic acids is 2. The van der Waals surface area contributed by atoms with Crippen LogP contribution in [-0.2, 0) is 11.3 Å². The summed E-state index contributed by atoms with van der Waals surface area (Å²) in [6.45, 7) is 4.08. The van der Waals surface area contributed by atoms with Gasteiger partial charge in [-0.25, -0.2) is 13.9 Å². The fourth-order valence-corrected chi connectivity index (χ4v) is 3.36.